The Morgan fingerprint density at radius 3 is 2.76 bits per heavy atom. The van der Waals surface area contributed by atoms with Crippen LogP contribution in [-0.2, 0) is 12.8 Å². The maximum absolute atomic E-state index is 11.2. The maximum atomic E-state index is 11.2. The summed E-state index contributed by atoms with van der Waals surface area (Å²) < 4.78 is 0. The van der Waals surface area contributed by atoms with Gasteiger partial charge in [-0.15, -0.1) is 4.91 Å². The third-order valence-electron chi connectivity index (χ3n) is 3.31. The Kier molecular flexibility index (Phi) is 2.44. The first-order chi connectivity index (χ1) is 8.40. The summed E-state index contributed by atoms with van der Waals surface area (Å²) in [6.45, 7) is 0. The summed E-state index contributed by atoms with van der Waals surface area (Å²) >= 11 is 0. The molecule has 2 aromatic rings. The van der Waals surface area contributed by atoms with E-state index in [1.807, 2.05) is 30.3 Å². The molecule has 0 saturated heterocycles. The van der Waals surface area contributed by atoms with E-state index in [-0.39, 0.29) is 0 Å². The summed E-state index contributed by atoms with van der Waals surface area (Å²) in [7, 11) is 0. The molecule has 0 N–H and O–H groups in total. The number of hydrogen-bond donors (Lipinski definition) is 0. The number of pyridine rings is 1. The van der Waals surface area contributed by atoms with Crippen LogP contribution in [0.15, 0.2) is 47.8 Å². The molecule has 3 heteroatoms. The topological polar surface area (TPSA) is 42.3 Å². The van der Waals surface area contributed by atoms with Crippen LogP contribution in [-0.4, -0.2) is 4.98 Å². The number of fused-ring (bicyclic) bond motifs is 2. The van der Waals surface area contributed by atoms with Crippen molar-refractivity contribution in [1.29, 1.82) is 0 Å². The van der Waals surface area contributed by atoms with Crippen molar-refractivity contribution in [3.63, 3.8) is 0 Å². The minimum Gasteiger partial charge on any atom is -0.261 e. The second-order valence-corrected chi connectivity index (χ2v) is 4.25. The molecule has 0 amide bonds. The number of rotatable bonds is 1. The van der Waals surface area contributed by atoms with Crippen molar-refractivity contribution < 1.29 is 0 Å². The van der Waals surface area contributed by atoms with Gasteiger partial charge in [0.15, 0.2) is 0 Å². The third kappa shape index (κ3) is 1.64. The zero-order valence-corrected chi connectivity index (χ0v) is 9.34. The molecule has 84 valence electrons. The van der Waals surface area contributed by atoms with Gasteiger partial charge in [0.2, 0.25) is 0 Å². The second kappa shape index (κ2) is 4.09. The van der Waals surface area contributed by atoms with Crippen LogP contribution in [0.1, 0.15) is 28.4 Å². The van der Waals surface area contributed by atoms with Gasteiger partial charge in [-0.3, -0.25) is 4.98 Å². The smallest absolute Gasteiger partial charge is 0.144 e. The molecule has 1 aliphatic rings. The monoisotopic (exact) mass is 224 g/mol. The van der Waals surface area contributed by atoms with E-state index in [2.05, 4.69) is 16.2 Å². The molecular weight excluding hydrogens is 212 g/mol. The molecule has 1 atom stereocenters. The zero-order chi connectivity index (χ0) is 11.7. The normalized spacial score (nSPS) is 17.8. The first kappa shape index (κ1) is 10.1. The molecule has 0 bridgehead atoms. The summed E-state index contributed by atoms with van der Waals surface area (Å²) in [6.07, 6.45) is 3.57. The quantitative estimate of drug-likeness (QED) is 0.699. The Morgan fingerprint density at radius 2 is 1.88 bits per heavy atom. The third-order valence-corrected chi connectivity index (χ3v) is 3.31. The molecule has 3 rings (SSSR count). The summed E-state index contributed by atoms with van der Waals surface area (Å²) in [6, 6.07) is 11.4. The van der Waals surface area contributed by atoms with Crippen LogP contribution in [0.4, 0.5) is 0 Å². The van der Waals surface area contributed by atoms with Gasteiger partial charge in [-0.05, 0) is 30.0 Å². The van der Waals surface area contributed by atoms with Gasteiger partial charge in [0.05, 0.1) is 0 Å². The van der Waals surface area contributed by atoms with Crippen molar-refractivity contribution in [3.05, 3.63) is 69.9 Å². The Labute approximate surface area is 99.5 Å². The fourth-order valence-electron chi connectivity index (χ4n) is 2.47. The number of nitrogens with zero attached hydrogens (tertiary/aromatic N) is 2. The summed E-state index contributed by atoms with van der Waals surface area (Å²) in [5.74, 6) is 0. The standard InChI is InChI=1S/C14H12N2O/c17-16-14-11-5-2-1-4-10(11)7-8-13-12(14)6-3-9-15-13/h1-6,9,14H,7-8H2. The molecule has 1 aliphatic carbocycles. The van der Waals surface area contributed by atoms with E-state index in [4.69, 9.17) is 0 Å². The van der Waals surface area contributed by atoms with Gasteiger partial charge in [0, 0.05) is 17.5 Å². The highest BCUT2D eigenvalue weighted by molar-refractivity contribution is 5.42. The Hall–Kier alpha value is -2.03. The van der Waals surface area contributed by atoms with Crippen LogP contribution in [0.2, 0.25) is 0 Å². The molecule has 1 heterocycles. The molecule has 17 heavy (non-hydrogen) atoms. The lowest BCUT2D eigenvalue weighted by Gasteiger charge is -2.11. The van der Waals surface area contributed by atoms with Crippen LogP contribution in [0, 0.1) is 4.91 Å². The largest absolute Gasteiger partial charge is 0.261 e. The summed E-state index contributed by atoms with van der Waals surface area (Å²) in [5.41, 5.74) is 4.17. The van der Waals surface area contributed by atoms with Gasteiger partial charge in [0.25, 0.3) is 0 Å². The van der Waals surface area contributed by atoms with Crippen molar-refractivity contribution in [2.45, 2.75) is 18.9 Å². The lowest BCUT2D eigenvalue weighted by atomic mass is 9.97. The first-order valence-corrected chi connectivity index (χ1v) is 5.74. The van der Waals surface area contributed by atoms with E-state index in [9.17, 15) is 4.91 Å². The molecule has 3 nitrogen and oxygen atoms in total. The first-order valence-electron chi connectivity index (χ1n) is 5.74. The van der Waals surface area contributed by atoms with Gasteiger partial charge in [-0.2, -0.15) is 0 Å². The number of nitroso groups, excluding NO2 is 1. The van der Waals surface area contributed by atoms with Crippen LogP contribution >= 0.6 is 0 Å². The molecule has 0 spiro atoms. The van der Waals surface area contributed by atoms with Crippen molar-refractivity contribution >= 4 is 0 Å². The van der Waals surface area contributed by atoms with Gasteiger partial charge < -0.3 is 0 Å². The predicted octanol–water partition coefficient (Wildman–Crippen LogP) is 3.04. The molecule has 0 fully saturated rings. The highest BCUT2D eigenvalue weighted by Gasteiger charge is 2.24. The van der Waals surface area contributed by atoms with Crippen molar-refractivity contribution in [2.24, 2.45) is 5.18 Å². The Bertz CT molecular complexity index is 518. The fourth-order valence-corrected chi connectivity index (χ4v) is 2.47. The van der Waals surface area contributed by atoms with Crippen LogP contribution in [0.5, 0.6) is 0 Å². The van der Waals surface area contributed by atoms with E-state index >= 15 is 0 Å². The lowest BCUT2D eigenvalue weighted by Crippen LogP contribution is -2.01. The maximum Gasteiger partial charge on any atom is 0.144 e. The van der Waals surface area contributed by atoms with Crippen LogP contribution in [0.3, 0.4) is 0 Å². The van der Waals surface area contributed by atoms with E-state index in [0.717, 1.165) is 29.7 Å². The molecule has 0 aliphatic heterocycles. The number of hydrogen-bond acceptors (Lipinski definition) is 3. The molecular formula is C14H12N2O. The molecule has 0 saturated carbocycles. The lowest BCUT2D eigenvalue weighted by molar-refractivity contribution is 0.843. The van der Waals surface area contributed by atoms with Crippen molar-refractivity contribution in [2.75, 3.05) is 0 Å². The van der Waals surface area contributed by atoms with Crippen LogP contribution in [0.25, 0.3) is 0 Å². The van der Waals surface area contributed by atoms with Gasteiger partial charge >= 0.3 is 0 Å². The van der Waals surface area contributed by atoms with Gasteiger partial charge in [-0.25, -0.2) is 0 Å². The summed E-state index contributed by atoms with van der Waals surface area (Å²) in [5, 5.41) is 3.30. The minimum atomic E-state index is -0.405. The second-order valence-electron chi connectivity index (χ2n) is 4.25. The van der Waals surface area contributed by atoms with E-state index in [1.54, 1.807) is 6.20 Å². The molecule has 1 unspecified atom stereocenters. The highest BCUT2D eigenvalue weighted by Crippen LogP contribution is 2.33. The van der Waals surface area contributed by atoms with E-state index < -0.39 is 6.04 Å². The van der Waals surface area contributed by atoms with E-state index in [1.165, 1.54) is 5.56 Å². The summed E-state index contributed by atoms with van der Waals surface area (Å²) in [4.78, 5) is 15.5. The molecule has 0 radical (unpaired) electrons. The predicted molar refractivity (Wildman–Crippen MR) is 65.7 cm³/mol. The Balaban J connectivity index is 2.22. The minimum absolute atomic E-state index is 0.405. The van der Waals surface area contributed by atoms with Crippen molar-refractivity contribution in [1.82, 2.24) is 4.98 Å². The molecule has 1 aromatic carbocycles. The number of benzene rings is 1. The average molecular weight is 224 g/mol. The highest BCUT2D eigenvalue weighted by atomic mass is 16.3. The van der Waals surface area contributed by atoms with Crippen molar-refractivity contribution in [3.8, 4) is 0 Å². The SMILES string of the molecule is O=NC1c2ccccc2CCc2ncccc21. The zero-order valence-electron chi connectivity index (χ0n) is 9.34. The van der Waals surface area contributed by atoms with Gasteiger partial charge in [0.1, 0.15) is 6.04 Å². The number of aryl methyl sites for hydroxylation is 2. The Morgan fingerprint density at radius 1 is 1.06 bits per heavy atom. The average Bonchev–Trinajstić information content (AvgIpc) is 2.55. The fraction of sp³-hybridized carbons (Fsp3) is 0.214. The van der Waals surface area contributed by atoms with Gasteiger partial charge in [-0.1, -0.05) is 35.5 Å². The molecule has 1 aromatic heterocycles. The van der Waals surface area contributed by atoms with E-state index in [0.29, 0.717) is 0 Å². The number of aromatic nitrogens is 1. The van der Waals surface area contributed by atoms with Crippen LogP contribution < -0.4 is 0 Å².